The normalized spacial score (nSPS) is 23.5. The number of sulfonamides is 1. The van der Waals surface area contributed by atoms with Gasteiger partial charge in [-0.1, -0.05) is 18.2 Å². The molecular formula is C13H17N5O6S2. The molecule has 0 radical (unpaired) electrons. The lowest BCUT2D eigenvalue weighted by molar-refractivity contribution is -0.115. The summed E-state index contributed by atoms with van der Waals surface area (Å²) in [6.07, 6.45) is 5.31. The number of methoxy groups -OCH3 is 1. The van der Waals surface area contributed by atoms with Crippen LogP contribution in [-0.2, 0) is 34.1 Å². The van der Waals surface area contributed by atoms with Crippen molar-refractivity contribution in [3.05, 3.63) is 42.3 Å². The van der Waals surface area contributed by atoms with Crippen molar-refractivity contribution in [2.75, 3.05) is 19.5 Å². The van der Waals surface area contributed by atoms with Crippen LogP contribution in [-0.4, -0.2) is 62.4 Å². The SMILES string of the molecule is COCCS(=O)(=O)C1(c2ncncn2)C(C(N)=O)=CC=CC1S(N)(=O)=O. The van der Waals surface area contributed by atoms with Gasteiger partial charge >= 0.3 is 0 Å². The highest BCUT2D eigenvalue weighted by atomic mass is 32.2. The van der Waals surface area contributed by atoms with Crippen molar-refractivity contribution in [2.45, 2.75) is 10.00 Å². The lowest BCUT2D eigenvalue weighted by Crippen LogP contribution is -2.57. The maximum absolute atomic E-state index is 13.3. The topological polar surface area (TPSA) is 185 Å². The van der Waals surface area contributed by atoms with Gasteiger partial charge in [-0.3, -0.25) is 4.79 Å². The van der Waals surface area contributed by atoms with Gasteiger partial charge in [-0.15, -0.1) is 0 Å². The zero-order valence-corrected chi connectivity index (χ0v) is 15.3. The summed E-state index contributed by atoms with van der Waals surface area (Å²) in [5.41, 5.74) is 4.85. The molecule has 1 aromatic heterocycles. The third-order valence-electron chi connectivity index (χ3n) is 3.84. The Morgan fingerprint density at radius 2 is 1.88 bits per heavy atom. The molecule has 2 atom stereocenters. The molecule has 1 amide bonds. The number of carbonyl (C=O) groups excluding carboxylic acids is 1. The molecule has 2 unspecified atom stereocenters. The predicted molar refractivity (Wildman–Crippen MR) is 90.5 cm³/mol. The lowest BCUT2D eigenvalue weighted by Gasteiger charge is -2.38. The first kappa shape index (κ1) is 20.1. The molecule has 1 aromatic rings. The van der Waals surface area contributed by atoms with Crippen LogP contribution in [0.1, 0.15) is 5.82 Å². The molecule has 0 saturated carbocycles. The molecule has 0 aromatic carbocycles. The van der Waals surface area contributed by atoms with Gasteiger partial charge in [0.25, 0.3) is 0 Å². The van der Waals surface area contributed by atoms with E-state index >= 15 is 0 Å². The van der Waals surface area contributed by atoms with Crippen LogP contribution < -0.4 is 10.9 Å². The van der Waals surface area contributed by atoms with E-state index in [1.54, 1.807) is 0 Å². The molecule has 0 saturated heterocycles. The summed E-state index contributed by atoms with van der Waals surface area (Å²) in [6, 6.07) is 0. The van der Waals surface area contributed by atoms with Crippen molar-refractivity contribution in [1.29, 1.82) is 0 Å². The highest BCUT2D eigenvalue weighted by Gasteiger charge is 2.61. The molecule has 13 heteroatoms. The summed E-state index contributed by atoms with van der Waals surface area (Å²) in [7, 11) is -7.68. The van der Waals surface area contributed by atoms with Gasteiger partial charge in [0, 0.05) is 12.7 Å². The molecule has 0 aliphatic heterocycles. The second kappa shape index (κ2) is 7.19. The van der Waals surface area contributed by atoms with Crippen molar-refractivity contribution in [3.63, 3.8) is 0 Å². The quantitative estimate of drug-likeness (QED) is 0.508. The molecule has 1 aliphatic rings. The Hall–Kier alpha value is -2.22. The Bertz CT molecular complexity index is 958. The average molecular weight is 403 g/mol. The Morgan fingerprint density at radius 3 is 2.38 bits per heavy atom. The lowest BCUT2D eigenvalue weighted by atomic mass is 9.88. The van der Waals surface area contributed by atoms with Gasteiger partial charge in [0.2, 0.25) is 15.9 Å². The van der Waals surface area contributed by atoms with Crippen LogP contribution in [0, 0.1) is 0 Å². The Labute approximate surface area is 150 Å². The maximum atomic E-state index is 13.3. The highest BCUT2D eigenvalue weighted by molar-refractivity contribution is 7.95. The first-order valence-electron chi connectivity index (χ1n) is 7.13. The number of allylic oxidation sites excluding steroid dienone is 2. The number of sulfone groups is 1. The van der Waals surface area contributed by atoms with E-state index in [0.29, 0.717) is 0 Å². The first-order valence-corrected chi connectivity index (χ1v) is 10.4. The molecule has 1 aliphatic carbocycles. The van der Waals surface area contributed by atoms with E-state index < -0.39 is 52.9 Å². The third-order valence-corrected chi connectivity index (χ3v) is 7.55. The fraction of sp³-hybridized carbons (Fsp3) is 0.385. The van der Waals surface area contributed by atoms with Crippen LogP contribution in [0.15, 0.2) is 36.5 Å². The smallest absolute Gasteiger partial charge is 0.246 e. The number of hydrogen-bond acceptors (Lipinski definition) is 9. The molecule has 142 valence electrons. The van der Waals surface area contributed by atoms with Crippen LogP contribution in [0.4, 0.5) is 0 Å². The Balaban J connectivity index is 2.96. The van der Waals surface area contributed by atoms with Crippen molar-refractivity contribution >= 4 is 25.8 Å². The van der Waals surface area contributed by atoms with Crippen molar-refractivity contribution in [3.8, 4) is 0 Å². The fourth-order valence-corrected chi connectivity index (χ4v) is 6.66. The van der Waals surface area contributed by atoms with Crippen LogP contribution in [0.25, 0.3) is 0 Å². The van der Waals surface area contributed by atoms with Gasteiger partial charge < -0.3 is 10.5 Å². The van der Waals surface area contributed by atoms with Crippen molar-refractivity contribution in [1.82, 2.24) is 15.0 Å². The summed E-state index contributed by atoms with van der Waals surface area (Å²) in [5, 5.41) is 3.42. The predicted octanol–water partition coefficient (Wildman–Crippen LogP) is -2.23. The Morgan fingerprint density at radius 1 is 1.27 bits per heavy atom. The maximum Gasteiger partial charge on any atom is 0.246 e. The first-order chi connectivity index (χ1) is 12.1. The van der Waals surface area contributed by atoms with Crippen molar-refractivity contribution < 1.29 is 26.4 Å². The number of primary amides is 1. The highest BCUT2D eigenvalue weighted by Crippen LogP contribution is 2.44. The fourth-order valence-electron chi connectivity index (χ4n) is 2.79. The summed E-state index contributed by atoms with van der Waals surface area (Å²) in [4.78, 5) is 23.3. The van der Waals surface area contributed by atoms with E-state index in [4.69, 9.17) is 15.6 Å². The monoisotopic (exact) mass is 403 g/mol. The van der Waals surface area contributed by atoms with Gasteiger partial charge in [0.15, 0.2) is 20.4 Å². The van der Waals surface area contributed by atoms with E-state index in [9.17, 15) is 21.6 Å². The summed E-state index contributed by atoms with van der Waals surface area (Å²) in [5.74, 6) is -2.25. The minimum absolute atomic E-state index is 0.262. The standard InChI is InChI=1S/C13H17N5O6S2/c1-24-5-6-25(20,21)13(12-17-7-16-8-18-12)9(11(14)19)3-2-4-10(13)26(15,22)23/h2-4,7-8,10H,5-6H2,1H3,(H2,14,19)(H2,15,22,23). The molecule has 2 rings (SSSR count). The van der Waals surface area contributed by atoms with Crippen LogP contribution in [0.2, 0.25) is 0 Å². The number of ether oxygens (including phenoxy) is 1. The second-order valence-corrected chi connectivity index (χ2v) is 9.32. The van der Waals surface area contributed by atoms with Gasteiger partial charge in [0.05, 0.1) is 12.4 Å². The second-order valence-electron chi connectivity index (χ2n) is 5.35. The summed E-state index contributed by atoms with van der Waals surface area (Å²) in [6.45, 7) is -0.262. The van der Waals surface area contributed by atoms with E-state index in [1.165, 1.54) is 13.2 Å². The van der Waals surface area contributed by atoms with Gasteiger partial charge in [0.1, 0.15) is 17.9 Å². The van der Waals surface area contributed by atoms with E-state index in [0.717, 1.165) is 24.8 Å². The zero-order valence-electron chi connectivity index (χ0n) is 13.6. The molecule has 1 heterocycles. The third kappa shape index (κ3) is 3.25. The molecule has 0 spiro atoms. The average Bonchev–Trinajstić information content (AvgIpc) is 2.58. The summed E-state index contributed by atoms with van der Waals surface area (Å²) < 4.78 is 53.3. The number of rotatable bonds is 7. The zero-order chi connectivity index (χ0) is 19.6. The number of amides is 1. The van der Waals surface area contributed by atoms with E-state index in [1.807, 2.05) is 0 Å². The number of carbonyl (C=O) groups is 1. The Kier molecular flexibility index (Phi) is 5.55. The molecule has 11 nitrogen and oxygen atoms in total. The van der Waals surface area contributed by atoms with Gasteiger partial charge in [-0.2, -0.15) is 0 Å². The number of nitrogens with two attached hydrogens (primary N) is 2. The molecule has 4 N–H and O–H groups in total. The molecule has 0 fully saturated rings. The minimum Gasteiger partial charge on any atom is -0.384 e. The van der Waals surface area contributed by atoms with Crippen LogP contribution >= 0.6 is 0 Å². The largest absolute Gasteiger partial charge is 0.384 e. The number of nitrogens with zero attached hydrogens (tertiary/aromatic N) is 3. The van der Waals surface area contributed by atoms with E-state index in [2.05, 4.69) is 15.0 Å². The number of primary sulfonamides is 1. The van der Waals surface area contributed by atoms with Crippen LogP contribution in [0.5, 0.6) is 0 Å². The van der Waals surface area contributed by atoms with Gasteiger partial charge in [-0.05, 0) is 0 Å². The summed E-state index contributed by atoms with van der Waals surface area (Å²) >= 11 is 0. The molecular weight excluding hydrogens is 386 g/mol. The number of aromatic nitrogens is 3. The van der Waals surface area contributed by atoms with Gasteiger partial charge in [-0.25, -0.2) is 36.9 Å². The minimum atomic E-state index is -4.51. The van der Waals surface area contributed by atoms with E-state index in [-0.39, 0.29) is 6.61 Å². The van der Waals surface area contributed by atoms with Crippen LogP contribution in [0.3, 0.4) is 0 Å². The number of hydrogen-bond donors (Lipinski definition) is 2. The molecule has 0 bridgehead atoms. The van der Waals surface area contributed by atoms with Crippen molar-refractivity contribution in [2.24, 2.45) is 10.9 Å². The molecule has 26 heavy (non-hydrogen) atoms.